The van der Waals surface area contributed by atoms with E-state index in [1.54, 1.807) is 18.2 Å². The molecule has 3 heteroatoms. The number of halogens is 1. The molecule has 0 N–H and O–H groups in total. The van der Waals surface area contributed by atoms with Gasteiger partial charge in [0, 0.05) is 0 Å². The maximum Gasteiger partial charge on any atom is 0.155 e. The van der Waals surface area contributed by atoms with Crippen LogP contribution >= 0.6 is 11.6 Å². The van der Waals surface area contributed by atoms with Gasteiger partial charge in [0.05, 0.1) is 17.2 Å². The first kappa shape index (κ1) is 10.5. The molecule has 0 atom stereocenters. The topological polar surface area (TPSA) is 26.3 Å². The highest BCUT2D eigenvalue weighted by atomic mass is 35.5. The Morgan fingerprint density at radius 1 is 1.47 bits per heavy atom. The molecule has 2 rings (SSSR count). The number of rotatable bonds is 5. The molecule has 0 radical (unpaired) electrons. The van der Waals surface area contributed by atoms with E-state index in [-0.39, 0.29) is 0 Å². The van der Waals surface area contributed by atoms with Gasteiger partial charge in [-0.25, -0.2) is 0 Å². The van der Waals surface area contributed by atoms with Crippen LogP contribution in [0, 0.1) is 5.92 Å². The van der Waals surface area contributed by atoms with E-state index in [2.05, 4.69) is 0 Å². The number of aldehydes is 1. The minimum atomic E-state index is 0.453. The second-order valence-corrected chi connectivity index (χ2v) is 4.26. The van der Waals surface area contributed by atoms with E-state index in [0.29, 0.717) is 22.9 Å². The fourth-order valence-electron chi connectivity index (χ4n) is 1.50. The molecule has 0 bridgehead atoms. The molecule has 1 aromatic carbocycles. The highest BCUT2D eigenvalue weighted by Crippen LogP contribution is 2.32. The second-order valence-electron chi connectivity index (χ2n) is 3.85. The van der Waals surface area contributed by atoms with Crippen molar-refractivity contribution in [3.63, 3.8) is 0 Å². The van der Waals surface area contributed by atoms with Crippen LogP contribution in [-0.4, -0.2) is 12.9 Å². The number of benzene rings is 1. The Hall–Kier alpha value is -1.02. The molecule has 1 aliphatic rings. The summed E-state index contributed by atoms with van der Waals surface area (Å²) in [5.74, 6) is 1.43. The van der Waals surface area contributed by atoms with Gasteiger partial charge in [0.2, 0.25) is 0 Å². The second kappa shape index (κ2) is 4.67. The monoisotopic (exact) mass is 224 g/mol. The summed E-state index contributed by atoms with van der Waals surface area (Å²) in [4.78, 5) is 10.8. The number of ether oxygens (including phenoxy) is 1. The maximum atomic E-state index is 10.8. The van der Waals surface area contributed by atoms with Crippen molar-refractivity contribution in [2.75, 3.05) is 6.61 Å². The minimum Gasteiger partial charge on any atom is -0.493 e. The van der Waals surface area contributed by atoms with Crippen LogP contribution in [0.2, 0.25) is 5.02 Å². The van der Waals surface area contributed by atoms with E-state index in [4.69, 9.17) is 16.3 Å². The van der Waals surface area contributed by atoms with Crippen molar-refractivity contribution in [3.8, 4) is 5.75 Å². The summed E-state index contributed by atoms with van der Waals surface area (Å²) >= 11 is 5.87. The molecular formula is C12H13ClO2. The van der Waals surface area contributed by atoms with Crippen molar-refractivity contribution < 1.29 is 9.53 Å². The van der Waals surface area contributed by atoms with Gasteiger partial charge in [-0.3, -0.25) is 4.79 Å². The molecule has 0 aromatic heterocycles. The highest BCUT2D eigenvalue weighted by Gasteiger charge is 2.20. The molecule has 1 aromatic rings. The fourth-order valence-corrected chi connectivity index (χ4v) is 1.71. The van der Waals surface area contributed by atoms with Gasteiger partial charge in [-0.05, 0) is 24.5 Å². The lowest BCUT2D eigenvalue weighted by Crippen LogP contribution is -2.01. The number of hydrogen-bond acceptors (Lipinski definition) is 2. The van der Waals surface area contributed by atoms with Gasteiger partial charge in [0.15, 0.2) is 6.29 Å². The maximum absolute atomic E-state index is 10.8. The summed E-state index contributed by atoms with van der Waals surface area (Å²) in [6.07, 6.45) is 4.46. The quantitative estimate of drug-likeness (QED) is 0.718. The molecule has 0 amide bonds. The van der Waals surface area contributed by atoms with E-state index in [1.807, 2.05) is 0 Å². The molecular weight excluding hydrogens is 212 g/mol. The van der Waals surface area contributed by atoms with Crippen LogP contribution in [-0.2, 0) is 0 Å². The van der Waals surface area contributed by atoms with E-state index in [9.17, 15) is 4.79 Å². The van der Waals surface area contributed by atoms with E-state index >= 15 is 0 Å². The SMILES string of the molecule is O=Cc1c(Cl)cccc1OCCC1CC1. The Labute approximate surface area is 94.2 Å². The molecule has 0 heterocycles. The molecule has 1 saturated carbocycles. The lowest BCUT2D eigenvalue weighted by Gasteiger charge is -2.08. The van der Waals surface area contributed by atoms with Crippen molar-refractivity contribution in [2.45, 2.75) is 19.3 Å². The van der Waals surface area contributed by atoms with Crippen molar-refractivity contribution in [3.05, 3.63) is 28.8 Å². The molecule has 15 heavy (non-hydrogen) atoms. The van der Waals surface area contributed by atoms with Crippen LogP contribution in [0.3, 0.4) is 0 Å². The van der Waals surface area contributed by atoms with E-state index in [1.165, 1.54) is 12.8 Å². The Balaban J connectivity index is 1.98. The Kier molecular flexibility index (Phi) is 3.27. The molecule has 2 nitrogen and oxygen atoms in total. The zero-order chi connectivity index (χ0) is 10.7. The van der Waals surface area contributed by atoms with Crippen LogP contribution in [0.4, 0.5) is 0 Å². The standard InChI is InChI=1S/C12H13ClO2/c13-11-2-1-3-12(10(11)8-14)15-7-6-9-4-5-9/h1-3,8-9H,4-7H2. The van der Waals surface area contributed by atoms with Crippen LogP contribution < -0.4 is 4.74 Å². The van der Waals surface area contributed by atoms with Crippen molar-refractivity contribution in [1.82, 2.24) is 0 Å². The molecule has 0 saturated heterocycles. The van der Waals surface area contributed by atoms with Gasteiger partial charge in [0.1, 0.15) is 5.75 Å². The van der Waals surface area contributed by atoms with Crippen molar-refractivity contribution in [1.29, 1.82) is 0 Å². The van der Waals surface area contributed by atoms with Crippen molar-refractivity contribution in [2.24, 2.45) is 5.92 Å². The smallest absolute Gasteiger partial charge is 0.155 e. The van der Waals surface area contributed by atoms with Gasteiger partial charge in [-0.1, -0.05) is 30.5 Å². The predicted octanol–water partition coefficient (Wildman–Crippen LogP) is 3.33. The zero-order valence-electron chi connectivity index (χ0n) is 8.41. The molecule has 0 unspecified atom stereocenters. The summed E-state index contributed by atoms with van der Waals surface area (Å²) in [5, 5.41) is 0.453. The average molecular weight is 225 g/mol. The van der Waals surface area contributed by atoms with Crippen molar-refractivity contribution >= 4 is 17.9 Å². The number of carbonyl (C=O) groups is 1. The summed E-state index contributed by atoms with van der Waals surface area (Å²) in [6, 6.07) is 5.27. The predicted molar refractivity (Wildman–Crippen MR) is 59.7 cm³/mol. The molecule has 0 spiro atoms. The highest BCUT2D eigenvalue weighted by molar-refractivity contribution is 6.33. The van der Waals surface area contributed by atoms with Gasteiger partial charge in [0.25, 0.3) is 0 Å². The molecule has 1 aliphatic carbocycles. The summed E-state index contributed by atoms with van der Waals surface area (Å²) < 4.78 is 5.54. The van der Waals surface area contributed by atoms with Crippen LogP contribution in [0.15, 0.2) is 18.2 Å². The third-order valence-electron chi connectivity index (χ3n) is 2.61. The zero-order valence-corrected chi connectivity index (χ0v) is 9.17. The first-order valence-corrected chi connectivity index (χ1v) is 5.55. The summed E-state index contributed by atoms with van der Waals surface area (Å²) in [6.45, 7) is 0.672. The van der Waals surface area contributed by atoms with Crippen LogP contribution in [0.25, 0.3) is 0 Å². The van der Waals surface area contributed by atoms with Crippen LogP contribution in [0.5, 0.6) is 5.75 Å². The van der Waals surface area contributed by atoms with Gasteiger partial charge < -0.3 is 4.74 Å². The fraction of sp³-hybridized carbons (Fsp3) is 0.417. The lowest BCUT2D eigenvalue weighted by molar-refractivity contribution is 0.111. The number of carbonyl (C=O) groups excluding carboxylic acids is 1. The number of hydrogen-bond donors (Lipinski definition) is 0. The van der Waals surface area contributed by atoms with E-state index < -0.39 is 0 Å². The van der Waals surface area contributed by atoms with Gasteiger partial charge in [-0.15, -0.1) is 0 Å². The largest absolute Gasteiger partial charge is 0.493 e. The molecule has 80 valence electrons. The summed E-state index contributed by atoms with van der Waals surface area (Å²) in [5.41, 5.74) is 0.454. The van der Waals surface area contributed by atoms with Gasteiger partial charge >= 0.3 is 0 Å². The van der Waals surface area contributed by atoms with Gasteiger partial charge in [-0.2, -0.15) is 0 Å². The van der Waals surface area contributed by atoms with Crippen LogP contribution in [0.1, 0.15) is 29.6 Å². The lowest BCUT2D eigenvalue weighted by atomic mass is 10.2. The molecule has 1 fully saturated rings. The third kappa shape index (κ3) is 2.72. The Morgan fingerprint density at radius 3 is 2.93 bits per heavy atom. The minimum absolute atomic E-state index is 0.453. The van der Waals surface area contributed by atoms with E-state index in [0.717, 1.165) is 18.6 Å². The third-order valence-corrected chi connectivity index (χ3v) is 2.94. The normalized spacial score (nSPS) is 15.0. The molecule has 0 aliphatic heterocycles. The Morgan fingerprint density at radius 2 is 2.27 bits per heavy atom. The first-order chi connectivity index (χ1) is 7.31. The average Bonchev–Trinajstić information content (AvgIpc) is 3.02. The summed E-state index contributed by atoms with van der Waals surface area (Å²) in [7, 11) is 0. The first-order valence-electron chi connectivity index (χ1n) is 5.17. The Bertz CT molecular complexity index is 359.